The number of amides is 1. The molecule has 1 aromatic carbocycles. The van der Waals surface area contributed by atoms with E-state index in [-0.39, 0.29) is 5.91 Å². The summed E-state index contributed by atoms with van der Waals surface area (Å²) in [5.41, 5.74) is 5.17. The van der Waals surface area contributed by atoms with Gasteiger partial charge in [0.05, 0.1) is 18.4 Å². The predicted molar refractivity (Wildman–Crippen MR) is 70.7 cm³/mol. The minimum atomic E-state index is 0.0705. The number of carbonyl (C=O) groups excluding carboxylic acids is 1. The van der Waals surface area contributed by atoms with Crippen molar-refractivity contribution in [2.75, 3.05) is 4.90 Å². The van der Waals surface area contributed by atoms with Gasteiger partial charge in [0, 0.05) is 11.8 Å². The summed E-state index contributed by atoms with van der Waals surface area (Å²) >= 11 is 0. The van der Waals surface area contributed by atoms with Crippen LogP contribution in [0.2, 0.25) is 0 Å². The van der Waals surface area contributed by atoms with Gasteiger partial charge in [-0.1, -0.05) is 6.07 Å². The maximum atomic E-state index is 12.4. The maximum absolute atomic E-state index is 12.4. The van der Waals surface area contributed by atoms with Gasteiger partial charge in [-0.15, -0.1) is 0 Å². The van der Waals surface area contributed by atoms with Gasteiger partial charge in [0.15, 0.2) is 0 Å². The normalized spacial score (nSPS) is 13.9. The zero-order valence-corrected chi connectivity index (χ0v) is 10.5. The number of hydrogen-bond acceptors (Lipinski definition) is 2. The zero-order chi connectivity index (χ0) is 12.7. The Morgan fingerprint density at radius 2 is 2.00 bits per heavy atom. The number of anilines is 1. The lowest BCUT2D eigenvalue weighted by Crippen LogP contribution is -2.22. The van der Waals surface area contributed by atoms with E-state index in [9.17, 15) is 4.79 Å². The van der Waals surface area contributed by atoms with Crippen LogP contribution in [-0.2, 0) is 6.54 Å². The SMILES string of the molecule is Cc1cc2c(cc1C)C(=O)N(c1cccnc1)C2. The summed E-state index contributed by atoms with van der Waals surface area (Å²) in [6.45, 7) is 4.75. The highest BCUT2D eigenvalue weighted by Gasteiger charge is 2.28. The van der Waals surface area contributed by atoms with Gasteiger partial charge in [-0.2, -0.15) is 0 Å². The van der Waals surface area contributed by atoms with Crippen LogP contribution in [0.3, 0.4) is 0 Å². The van der Waals surface area contributed by atoms with Crippen molar-refractivity contribution in [3.8, 4) is 0 Å². The second-order valence-corrected chi connectivity index (χ2v) is 4.70. The molecule has 0 saturated carbocycles. The van der Waals surface area contributed by atoms with Gasteiger partial charge in [-0.25, -0.2) is 0 Å². The number of benzene rings is 1. The molecule has 0 atom stereocenters. The Bertz CT molecular complexity index is 620. The molecule has 1 aromatic heterocycles. The lowest BCUT2D eigenvalue weighted by atomic mass is 10.0. The second-order valence-electron chi connectivity index (χ2n) is 4.70. The monoisotopic (exact) mass is 238 g/mol. The molecule has 3 nitrogen and oxygen atoms in total. The van der Waals surface area contributed by atoms with E-state index in [2.05, 4.69) is 18.0 Å². The first-order valence-electron chi connectivity index (χ1n) is 5.99. The van der Waals surface area contributed by atoms with Crippen molar-refractivity contribution in [1.82, 2.24) is 4.98 Å². The maximum Gasteiger partial charge on any atom is 0.258 e. The number of pyridine rings is 1. The number of rotatable bonds is 1. The minimum absolute atomic E-state index is 0.0705. The molecular formula is C15H14N2O. The highest BCUT2D eigenvalue weighted by atomic mass is 16.2. The molecule has 0 N–H and O–H groups in total. The standard InChI is InChI=1S/C15H14N2O/c1-10-6-12-9-17(13-4-3-5-16-8-13)15(18)14(12)7-11(10)2/h3-8H,9H2,1-2H3. The Hall–Kier alpha value is -2.16. The Morgan fingerprint density at radius 1 is 1.22 bits per heavy atom. The summed E-state index contributed by atoms with van der Waals surface area (Å²) in [6.07, 6.45) is 3.44. The van der Waals surface area contributed by atoms with Crippen LogP contribution in [0.1, 0.15) is 27.0 Å². The van der Waals surface area contributed by atoms with Crippen molar-refractivity contribution in [1.29, 1.82) is 0 Å². The molecule has 3 heteroatoms. The van der Waals surface area contributed by atoms with Crippen LogP contribution < -0.4 is 4.90 Å². The Kier molecular flexibility index (Phi) is 2.40. The van der Waals surface area contributed by atoms with Gasteiger partial charge in [-0.3, -0.25) is 9.78 Å². The minimum Gasteiger partial charge on any atom is -0.302 e. The average molecular weight is 238 g/mol. The Labute approximate surface area is 106 Å². The molecule has 0 aliphatic carbocycles. The van der Waals surface area contributed by atoms with Crippen molar-refractivity contribution in [2.24, 2.45) is 0 Å². The van der Waals surface area contributed by atoms with Gasteiger partial charge in [0.1, 0.15) is 0 Å². The van der Waals surface area contributed by atoms with E-state index in [1.807, 2.05) is 25.1 Å². The predicted octanol–water partition coefficient (Wildman–Crippen LogP) is 2.86. The van der Waals surface area contributed by atoms with Crippen LogP contribution in [0, 0.1) is 13.8 Å². The summed E-state index contributed by atoms with van der Waals surface area (Å²) in [5.74, 6) is 0.0705. The Balaban J connectivity index is 2.04. The van der Waals surface area contributed by atoms with Crippen LogP contribution in [0.4, 0.5) is 5.69 Å². The van der Waals surface area contributed by atoms with E-state index >= 15 is 0 Å². The van der Waals surface area contributed by atoms with Crippen molar-refractivity contribution in [3.05, 3.63) is 58.9 Å². The third-order valence-electron chi connectivity index (χ3n) is 3.48. The average Bonchev–Trinajstić information content (AvgIpc) is 2.69. The van der Waals surface area contributed by atoms with E-state index in [1.165, 1.54) is 5.56 Å². The number of aromatic nitrogens is 1. The summed E-state index contributed by atoms with van der Waals surface area (Å²) in [5, 5.41) is 0. The van der Waals surface area contributed by atoms with Crippen LogP contribution in [-0.4, -0.2) is 10.9 Å². The number of nitrogens with zero attached hydrogens (tertiary/aromatic N) is 2. The molecule has 1 aliphatic heterocycles. The molecule has 1 amide bonds. The van der Waals surface area contributed by atoms with E-state index in [1.54, 1.807) is 17.3 Å². The van der Waals surface area contributed by atoms with Gasteiger partial charge in [0.2, 0.25) is 0 Å². The van der Waals surface area contributed by atoms with Crippen LogP contribution >= 0.6 is 0 Å². The number of carbonyl (C=O) groups is 1. The highest BCUT2D eigenvalue weighted by molar-refractivity contribution is 6.10. The first kappa shape index (κ1) is 11.0. The molecule has 0 unspecified atom stereocenters. The second kappa shape index (κ2) is 3.95. The first-order chi connectivity index (χ1) is 8.66. The van der Waals surface area contributed by atoms with E-state index in [0.29, 0.717) is 6.54 Å². The van der Waals surface area contributed by atoms with Gasteiger partial charge < -0.3 is 4.90 Å². The molecule has 0 fully saturated rings. The van der Waals surface area contributed by atoms with Crippen LogP contribution in [0.15, 0.2) is 36.7 Å². The summed E-state index contributed by atoms with van der Waals surface area (Å²) in [7, 11) is 0. The smallest absolute Gasteiger partial charge is 0.258 e. The molecule has 2 heterocycles. The number of hydrogen-bond donors (Lipinski definition) is 0. The van der Waals surface area contributed by atoms with Crippen molar-refractivity contribution in [2.45, 2.75) is 20.4 Å². The Morgan fingerprint density at radius 3 is 2.72 bits per heavy atom. The van der Waals surface area contributed by atoms with Gasteiger partial charge in [0.25, 0.3) is 5.91 Å². The molecule has 18 heavy (non-hydrogen) atoms. The molecular weight excluding hydrogens is 224 g/mol. The summed E-state index contributed by atoms with van der Waals surface area (Å²) < 4.78 is 0. The number of aryl methyl sites for hydroxylation is 2. The molecule has 0 bridgehead atoms. The third-order valence-corrected chi connectivity index (χ3v) is 3.48. The van der Waals surface area contributed by atoms with Crippen LogP contribution in [0.25, 0.3) is 0 Å². The summed E-state index contributed by atoms with van der Waals surface area (Å²) in [6, 6.07) is 7.86. The fourth-order valence-electron chi connectivity index (χ4n) is 2.32. The number of fused-ring (bicyclic) bond motifs is 1. The lowest BCUT2D eigenvalue weighted by molar-refractivity contribution is 0.0996. The van der Waals surface area contributed by atoms with Crippen molar-refractivity contribution in [3.63, 3.8) is 0 Å². The molecule has 0 radical (unpaired) electrons. The fraction of sp³-hybridized carbons (Fsp3) is 0.200. The molecule has 2 aromatic rings. The zero-order valence-electron chi connectivity index (χ0n) is 10.5. The fourth-order valence-corrected chi connectivity index (χ4v) is 2.32. The molecule has 90 valence electrons. The molecule has 0 spiro atoms. The van der Waals surface area contributed by atoms with Crippen molar-refractivity contribution >= 4 is 11.6 Å². The lowest BCUT2D eigenvalue weighted by Gasteiger charge is -2.14. The topological polar surface area (TPSA) is 33.2 Å². The third kappa shape index (κ3) is 1.59. The molecule has 3 rings (SSSR count). The molecule has 0 saturated heterocycles. The highest BCUT2D eigenvalue weighted by Crippen LogP contribution is 2.29. The van der Waals surface area contributed by atoms with Gasteiger partial charge >= 0.3 is 0 Å². The van der Waals surface area contributed by atoms with E-state index < -0.39 is 0 Å². The molecule has 1 aliphatic rings. The van der Waals surface area contributed by atoms with Crippen LogP contribution in [0.5, 0.6) is 0 Å². The quantitative estimate of drug-likeness (QED) is 0.765. The van der Waals surface area contributed by atoms with E-state index in [4.69, 9.17) is 0 Å². The summed E-state index contributed by atoms with van der Waals surface area (Å²) in [4.78, 5) is 18.2. The van der Waals surface area contributed by atoms with Crippen molar-refractivity contribution < 1.29 is 4.79 Å². The van der Waals surface area contributed by atoms with Gasteiger partial charge in [-0.05, 0) is 48.7 Å². The largest absolute Gasteiger partial charge is 0.302 e. The van der Waals surface area contributed by atoms with E-state index in [0.717, 1.165) is 22.4 Å². The first-order valence-corrected chi connectivity index (χ1v) is 5.99.